The lowest BCUT2D eigenvalue weighted by atomic mass is 9.84. The molecule has 0 spiro atoms. The SMILES string of the molecule is CCOC(=O)C(N)CC(Cc1ccc2cnn(CCCOC)c2c1)C(C)C. The highest BCUT2D eigenvalue weighted by molar-refractivity contribution is 5.79. The number of esters is 1. The van der Waals surface area contributed by atoms with E-state index < -0.39 is 6.04 Å². The van der Waals surface area contributed by atoms with Crippen molar-refractivity contribution in [3.05, 3.63) is 30.0 Å². The lowest BCUT2D eigenvalue weighted by molar-refractivity contribution is -0.145. The summed E-state index contributed by atoms with van der Waals surface area (Å²) in [5.41, 5.74) is 8.44. The quantitative estimate of drug-likeness (QED) is 0.482. The van der Waals surface area contributed by atoms with Gasteiger partial charge in [-0.05, 0) is 49.7 Å². The Bertz CT molecular complexity index is 727. The smallest absolute Gasteiger partial charge is 0.322 e. The molecule has 0 aliphatic rings. The molecule has 1 aromatic heterocycles. The van der Waals surface area contributed by atoms with E-state index in [-0.39, 0.29) is 5.97 Å². The summed E-state index contributed by atoms with van der Waals surface area (Å²) in [6.07, 6.45) is 4.34. The molecule has 0 radical (unpaired) electrons. The van der Waals surface area contributed by atoms with Gasteiger partial charge in [-0.3, -0.25) is 9.48 Å². The number of ether oxygens (including phenoxy) is 2. The van der Waals surface area contributed by atoms with Gasteiger partial charge in [-0.25, -0.2) is 0 Å². The molecule has 0 aliphatic carbocycles. The van der Waals surface area contributed by atoms with Gasteiger partial charge in [-0.15, -0.1) is 0 Å². The minimum Gasteiger partial charge on any atom is -0.465 e. The van der Waals surface area contributed by atoms with Crippen LogP contribution in [-0.4, -0.2) is 42.1 Å². The predicted molar refractivity (Wildman–Crippen MR) is 107 cm³/mol. The summed E-state index contributed by atoms with van der Waals surface area (Å²) in [4.78, 5) is 11.9. The number of hydrogen-bond donors (Lipinski definition) is 1. The van der Waals surface area contributed by atoms with E-state index in [0.717, 1.165) is 36.9 Å². The fourth-order valence-electron chi connectivity index (χ4n) is 3.35. The van der Waals surface area contributed by atoms with Gasteiger partial charge in [0.15, 0.2) is 0 Å². The zero-order chi connectivity index (χ0) is 19.8. The van der Waals surface area contributed by atoms with Crippen LogP contribution in [0, 0.1) is 11.8 Å². The summed E-state index contributed by atoms with van der Waals surface area (Å²) in [6, 6.07) is 5.91. The van der Waals surface area contributed by atoms with Crippen molar-refractivity contribution >= 4 is 16.9 Å². The van der Waals surface area contributed by atoms with E-state index in [0.29, 0.717) is 24.9 Å². The maximum absolute atomic E-state index is 11.9. The second-order valence-electron chi connectivity index (χ2n) is 7.41. The molecule has 0 fully saturated rings. The van der Waals surface area contributed by atoms with Gasteiger partial charge in [-0.2, -0.15) is 5.10 Å². The highest BCUT2D eigenvalue weighted by Crippen LogP contribution is 2.25. The van der Waals surface area contributed by atoms with Gasteiger partial charge < -0.3 is 15.2 Å². The molecule has 0 saturated heterocycles. The first-order valence-electron chi connectivity index (χ1n) is 9.81. The van der Waals surface area contributed by atoms with Gasteiger partial charge in [0, 0.05) is 25.6 Å². The molecule has 1 aromatic carbocycles. The van der Waals surface area contributed by atoms with Crippen LogP contribution in [0.3, 0.4) is 0 Å². The van der Waals surface area contributed by atoms with Gasteiger partial charge in [-0.1, -0.05) is 26.0 Å². The van der Waals surface area contributed by atoms with Gasteiger partial charge in [0.05, 0.1) is 18.3 Å². The molecule has 6 heteroatoms. The van der Waals surface area contributed by atoms with Crippen LogP contribution in [-0.2, 0) is 27.2 Å². The summed E-state index contributed by atoms with van der Waals surface area (Å²) in [5.74, 6) is 0.425. The molecule has 1 heterocycles. The molecule has 0 aliphatic heterocycles. The van der Waals surface area contributed by atoms with Crippen molar-refractivity contribution in [3.8, 4) is 0 Å². The molecule has 2 aromatic rings. The van der Waals surface area contributed by atoms with E-state index in [1.165, 1.54) is 5.56 Å². The number of carbonyl (C=O) groups is 1. The minimum atomic E-state index is -0.569. The van der Waals surface area contributed by atoms with Crippen molar-refractivity contribution in [3.63, 3.8) is 0 Å². The number of methoxy groups -OCH3 is 1. The molecule has 6 nitrogen and oxygen atoms in total. The zero-order valence-electron chi connectivity index (χ0n) is 17.0. The Hall–Kier alpha value is -1.92. The van der Waals surface area contributed by atoms with Gasteiger partial charge in [0.25, 0.3) is 0 Å². The maximum Gasteiger partial charge on any atom is 0.322 e. The van der Waals surface area contributed by atoms with Crippen LogP contribution in [0.25, 0.3) is 10.9 Å². The average Bonchev–Trinajstić information content (AvgIpc) is 3.04. The van der Waals surface area contributed by atoms with Crippen molar-refractivity contribution in [2.45, 2.75) is 52.6 Å². The summed E-state index contributed by atoms with van der Waals surface area (Å²) >= 11 is 0. The third-order valence-electron chi connectivity index (χ3n) is 5.01. The van der Waals surface area contributed by atoms with Crippen LogP contribution in [0.4, 0.5) is 0 Å². The summed E-state index contributed by atoms with van der Waals surface area (Å²) in [5, 5.41) is 5.63. The van der Waals surface area contributed by atoms with Gasteiger partial charge in [0.1, 0.15) is 6.04 Å². The summed E-state index contributed by atoms with van der Waals surface area (Å²) < 4.78 is 12.2. The van der Waals surface area contributed by atoms with E-state index in [4.69, 9.17) is 15.2 Å². The van der Waals surface area contributed by atoms with Crippen LogP contribution in [0.15, 0.2) is 24.4 Å². The molecular weight excluding hydrogens is 342 g/mol. The third-order valence-corrected chi connectivity index (χ3v) is 5.01. The number of aromatic nitrogens is 2. The molecule has 2 unspecified atom stereocenters. The summed E-state index contributed by atoms with van der Waals surface area (Å²) in [6.45, 7) is 8.08. The fourth-order valence-corrected chi connectivity index (χ4v) is 3.35. The van der Waals surface area contributed by atoms with E-state index in [1.807, 2.05) is 10.9 Å². The van der Waals surface area contributed by atoms with Gasteiger partial charge >= 0.3 is 5.97 Å². The van der Waals surface area contributed by atoms with Crippen LogP contribution in [0.1, 0.15) is 39.2 Å². The van der Waals surface area contributed by atoms with E-state index in [2.05, 4.69) is 37.1 Å². The second-order valence-corrected chi connectivity index (χ2v) is 7.41. The normalized spacial score (nSPS) is 13.9. The lowest BCUT2D eigenvalue weighted by Gasteiger charge is -2.23. The number of aryl methyl sites for hydroxylation is 1. The molecule has 0 amide bonds. The number of carbonyl (C=O) groups excluding carboxylic acids is 1. The van der Waals surface area contributed by atoms with Crippen LogP contribution < -0.4 is 5.73 Å². The first-order valence-corrected chi connectivity index (χ1v) is 9.81. The molecular formula is C21H33N3O3. The van der Waals surface area contributed by atoms with Crippen LogP contribution in [0.5, 0.6) is 0 Å². The first-order chi connectivity index (χ1) is 13.0. The van der Waals surface area contributed by atoms with E-state index in [1.54, 1.807) is 14.0 Å². The monoisotopic (exact) mass is 375 g/mol. The number of nitrogens with two attached hydrogens (primary N) is 1. The van der Waals surface area contributed by atoms with Gasteiger partial charge in [0.2, 0.25) is 0 Å². The number of hydrogen-bond acceptors (Lipinski definition) is 5. The Labute approximate surface area is 162 Å². The molecule has 150 valence electrons. The molecule has 2 rings (SSSR count). The third kappa shape index (κ3) is 6.04. The van der Waals surface area contributed by atoms with Crippen LogP contribution in [0.2, 0.25) is 0 Å². The Morgan fingerprint density at radius 3 is 2.78 bits per heavy atom. The summed E-state index contributed by atoms with van der Waals surface area (Å²) in [7, 11) is 1.71. The van der Waals surface area contributed by atoms with Crippen molar-refractivity contribution < 1.29 is 14.3 Å². The number of fused-ring (bicyclic) bond motifs is 1. The number of rotatable bonds is 11. The van der Waals surface area contributed by atoms with E-state index >= 15 is 0 Å². The fraction of sp³-hybridized carbons (Fsp3) is 0.619. The molecule has 2 N–H and O–H groups in total. The highest BCUT2D eigenvalue weighted by atomic mass is 16.5. The molecule has 0 bridgehead atoms. The van der Waals surface area contributed by atoms with Crippen molar-refractivity contribution in [1.29, 1.82) is 0 Å². The molecule has 2 atom stereocenters. The highest BCUT2D eigenvalue weighted by Gasteiger charge is 2.23. The minimum absolute atomic E-state index is 0.310. The molecule has 0 saturated carbocycles. The topological polar surface area (TPSA) is 79.4 Å². The lowest BCUT2D eigenvalue weighted by Crippen LogP contribution is -2.35. The zero-order valence-corrected chi connectivity index (χ0v) is 17.0. The van der Waals surface area contributed by atoms with Crippen molar-refractivity contribution in [1.82, 2.24) is 9.78 Å². The Kier molecular flexibility index (Phi) is 8.25. The Morgan fingerprint density at radius 1 is 1.33 bits per heavy atom. The number of nitrogens with zero attached hydrogens (tertiary/aromatic N) is 2. The van der Waals surface area contributed by atoms with E-state index in [9.17, 15) is 4.79 Å². The maximum atomic E-state index is 11.9. The molecule has 27 heavy (non-hydrogen) atoms. The number of benzene rings is 1. The Balaban J connectivity index is 2.11. The second kappa shape index (κ2) is 10.4. The van der Waals surface area contributed by atoms with Crippen molar-refractivity contribution in [2.24, 2.45) is 17.6 Å². The first kappa shape index (κ1) is 21.4. The Morgan fingerprint density at radius 2 is 2.11 bits per heavy atom. The average molecular weight is 376 g/mol. The predicted octanol–water partition coefficient (Wildman–Crippen LogP) is 3.17. The van der Waals surface area contributed by atoms with Crippen molar-refractivity contribution in [2.75, 3.05) is 20.3 Å². The standard InChI is InChI=1S/C21H33N3O3/c1-5-27-21(25)19(22)13-18(15(2)3)11-16-7-8-17-14-23-24(20(17)12-16)9-6-10-26-4/h7-8,12,14-15,18-19H,5-6,9-11,13,22H2,1-4H3. The largest absolute Gasteiger partial charge is 0.465 e. The van der Waals surface area contributed by atoms with Crippen LogP contribution >= 0.6 is 0 Å².